The number of aromatic nitrogens is 1. The number of hydrogen-bond acceptors (Lipinski definition) is 5. The number of oxazole rings is 1. The quantitative estimate of drug-likeness (QED) is 0.748. The molecule has 1 aliphatic heterocycles. The second-order valence-corrected chi connectivity index (χ2v) is 4.85. The normalized spacial score (nSPS) is 17.6. The number of amidine groups is 1. The van der Waals surface area contributed by atoms with Gasteiger partial charge in [-0.1, -0.05) is 17.8 Å². The molecule has 0 N–H and O–H groups in total. The average molecular weight is 273 g/mol. The van der Waals surface area contributed by atoms with Crippen LogP contribution >= 0.6 is 11.8 Å². The monoisotopic (exact) mass is 273 g/mol. The Hall–Kier alpha value is -2.08. The molecule has 19 heavy (non-hydrogen) atoms. The lowest BCUT2D eigenvalue weighted by Crippen LogP contribution is -2.25. The number of likely N-dealkylation sites (N-methyl/N-ethyl adjacent to an activating group) is 1. The van der Waals surface area contributed by atoms with Crippen molar-refractivity contribution in [1.82, 2.24) is 9.88 Å². The average Bonchev–Trinajstić information content (AvgIpc) is 2.98. The van der Waals surface area contributed by atoms with Crippen LogP contribution in [0.1, 0.15) is 5.56 Å². The van der Waals surface area contributed by atoms with E-state index in [2.05, 4.69) is 9.98 Å². The van der Waals surface area contributed by atoms with Gasteiger partial charge >= 0.3 is 0 Å². The van der Waals surface area contributed by atoms with E-state index in [1.807, 2.05) is 24.5 Å². The van der Waals surface area contributed by atoms with Gasteiger partial charge in [-0.25, -0.2) is 9.98 Å². The summed E-state index contributed by atoms with van der Waals surface area (Å²) < 4.78 is 5.24. The van der Waals surface area contributed by atoms with E-state index in [9.17, 15) is 4.79 Å². The molecule has 0 spiro atoms. The minimum Gasteiger partial charge on any atom is -0.443 e. The summed E-state index contributed by atoms with van der Waals surface area (Å²) in [6, 6.07) is 5.58. The van der Waals surface area contributed by atoms with Crippen molar-refractivity contribution in [2.75, 3.05) is 13.3 Å². The van der Waals surface area contributed by atoms with Crippen molar-refractivity contribution in [2.45, 2.75) is 0 Å². The maximum atomic E-state index is 12.0. The van der Waals surface area contributed by atoms with Gasteiger partial charge in [-0.2, -0.15) is 0 Å². The van der Waals surface area contributed by atoms with Crippen LogP contribution in [0.15, 0.2) is 39.7 Å². The third kappa shape index (κ3) is 2.04. The predicted molar refractivity (Wildman–Crippen MR) is 75.7 cm³/mol. The number of fused-ring (bicyclic) bond motifs is 1. The van der Waals surface area contributed by atoms with Crippen LogP contribution < -0.4 is 0 Å². The summed E-state index contributed by atoms with van der Waals surface area (Å²) in [6.07, 6.45) is 5.05. The van der Waals surface area contributed by atoms with Gasteiger partial charge in [0.15, 0.2) is 17.1 Å². The van der Waals surface area contributed by atoms with Gasteiger partial charge in [0.2, 0.25) is 0 Å². The number of aliphatic imine (C=N–C) groups is 1. The van der Waals surface area contributed by atoms with Gasteiger partial charge < -0.3 is 4.42 Å². The largest absolute Gasteiger partial charge is 0.443 e. The first-order chi connectivity index (χ1) is 9.19. The molecule has 2 heterocycles. The second-order valence-electron chi connectivity index (χ2n) is 4.07. The molecule has 0 saturated heterocycles. The second kappa shape index (κ2) is 4.55. The summed E-state index contributed by atoms with van der Waals surface area (Å²) in [6.45, 7) is 0. The van der Waals surface area contributed by atoms with E-state index in [0.29, 0.717) is 16.4 Å². The number of amides is 1. The first-order valence-electron chi connectivity index (χ1n) is 5.65. The third-order valence-electron chi connectivity index (χ3n) is 2.87. The molecular formula is C13H11N3O2S. The van der Waals surface area contributed by atoms with Gasteiger partial charge in [-0.15, -0.1) is 0 Å². The summed E-state index contributed by atoms with van der Waals surface area (Å²) >= 11 is 1.45. The zero-order valence-corrected chi connectivity index (χ0v) is 11.3. The molecule has 0 aliphatic carbocycles. The molecule has 3 rings (SSSR count). The van der Waals surface area contributed by atoms with Crippen LogP contribution in [0.3, 0.4) is 0 Å². The summed E-state index contributed by atoms with van der Waals surface area (Å²) in [4.78, 5) is 21.9. The van der Waals surface area contributed by atoms with Crippen molar-refractivity contribution in [1.29, 1.82) is 0 Å². The summed E-state index contributed by atoms with van der Waals surface area (Å²) in [5.41, 5.74) is 2.80. The smallest absolute Gasteiger partial charge is 0.278 e. The van der Waals surface area contributed by atoms with Gasteiger partial charge in [-0.3, -0.25) is 9.69 Å². The Morgan fingerprint density at radius 3 is 3.00 bits per heavy atom. The van der Waals surface area contributed by atoms with Crippen LogP contribution in [-0.2, 0) is 4.79 Å². The maximum Gasteiger partial charge on any atom is 0.278 e. The molecule has 6 heteroatoms. The first-order valence-corrected chi connectivity index (χ1v) is 6.87. The standard InChI is InChI=1S/C13H11N3O2S/c1-16-12(17)10(15-13(16)19-2)5-8-3-4-9-11(6-8)18-7-14-9/h3-7H,1-2H3/b10-5-. The van der Waals surface area contributed by atoms with E-state index in [4.69, 9.17) is 4.42 Å². The minimum absolute atomic E-state index is 0.0954. The highest BCUT2D eigenvalue weighted by molar-refractivity contribution is 8.13. The highest BCUT2D eigenvalue weighted by Gasteiger charge is 2.26. The van der Waals surface area contributed by atoms with Crippen LogP contribution in [0.4, 0.5) is 0 Å². The van der Waals surface area contributed by atoms with Crippen LogP contribution in [0.5, 0.6) is 0 Å². The minimum atomic E-state index is -0.0954. The summed E-state index contributed by atoms with van der Waals surface area (Å²) in [5.74, 6) is -0.0954. The maximum absolute atomic E-state index is 12.0. The molecule has 0 unspecified atom stereocenters. The Bertz CT molecular complexity index is 718. The molecule has 2 aromatic rings. The van der Waals surface area contributed by atoms with E-state index < -0.39 is 0 Å². The topological polar surface area (TPSA) is 58.7 Å². The number of nitrogens with zero attached hydrogens (tertiary/aromatic N) is 3. The van der Waals surface area contributed by atoms with Gasteiger partial charge in [-0.05, 0) is 30.0 Å². The molecule has 0 radical (unpaired) electrons. The molecule has 0 atom stereocenters. The Morgan fingerprint density at radius 1 is 1.42 bits per heavy atom. The Kier molecular flexibility index (Phi) is 2.87. The molecule has 1 amide bonds. The van der Waals surface area contributed by atoms with E-state index >= 15 is 0 Å². The molecule has 5 nitrogen and oxygen atoms in total. The van der Waals surface area contributed by atoms with Crippen molar-refractivity contribution >= 4 is 40.0 Å². The van der Waals surface area contributed by atoms with Crippen molar-refractivity contribution in [3.63, 3.8) is 0 Å². The Morgan fingerprint density at radius 2 is 2.26 bits per heavy atom. The fraction of sp³-hybridized carbons (Fsp3) is 0.154. The molecule has 0 saturated carbocycles. The van der Waals surface area contributed by atoms with E-state index in [0.717, 1.165) is 11.1 Å². The summed E-state index contributed by atoms with van der Waals surface area (Å²) in [7, 11) is 1.72. The lowest BCUT2D eigenvalue weighted by molar-refractivity contribution is -0.121. The number of carbonyl (C=O) groups is 1. The zero-order valence-electron chi connectivity index (χ0n) is 10.5. The highest BCUT2D eigenvalue weighted by Crippen LogP contribution is 2.22. The van der Waals surface area contributed by atoms with Crippen molar-refractivity contribution in [3.05, 3.63) is 35.9 Å². The number of carbonyl (C=O) groups excluding carboxylic acids is 1. The zero-order chi connectivity index (χ0) is 13.4. The van der Waals surface area contributed by atoms with Crippen molar-refractivity contribution in [2.24, 2.45) is 4.99 Å². The van der Waals surface area contributed by atoms with Gasteiger partial charge in [0, 0.05) is 7.05 Å². The SMILES string of the molecule is CSC1=N/C(=C\c2ccc3ncoc3c2)C(=O)N1C. The Labute approximate surface area is 114 Å². The van der Waals surface area contributed by atoms with E-state index in [1.54, 1.807) is 18.0 Å². The lowest BCUT2D eigenvalue weighted by atomic mass is 10.1. The third-order valence-corrected chi connectivity index (χ3v) is 3.60. The van der Waals surface area contributed by atoms with E-state index in [-0.39, 0.29) is 5.91 Å². The first kappa shape index (κ1) is 12.0. The van der Waals surface area contributed by atoms with Crippen LogP contribution in [-0.4, -0.2) is 34.3 Å². The molecular weight excluding hydrogens is 262 g/mol. The lowest BCUT2D eigenvalue weighted by Gasteiger charge is -2.07. The molecule has 96 valence electrons. The molecule has 1 aromatic carbocycles. The van der Waals surface area contributed by atoms with Gasteiger partial charge in [0.05, 0.1) is 0 Å². The van der Waals surface area contributed by atoms with Crippen LogP contribution in [0, 0.1) is 0 Å². The van der Waals surface area contributed by atoms with Crippen molar-refractivity contribution in [3.8, 4) is 0 Å². The van der Waals surface area contributed by atoms with Gasteiger partial charge in [0.1, 0.15) is 11.2 Å². The van der Waals surface area contributed by atoms with Crippen LogP contribution in [0.25, 0.3) is 17.2 Å². The Balaban J connectivity index is 2.01. The fourth-order valence-electron chi connectivity index (χ4n) is 1.88. The fourth-order valence-corrected chi connectivity index (χ4v) is 2.43. The van der Waals surface area contributed by atoms with E-state index in [1.165, 1.54) is 18.2 Å². The van der Waals surface area contributed by atoms with Crippen LogP contribution in [0.2, 0.25) is 0 Å². The number of thioether (sulfide) groups is 1. The highest BCUT2D eigenvalue weighted by atomic mass is 32.2. The van der Waals surface area contributed by atoms with Crippen molar-refractivity contribution < 1.29 is 9.21 Å². The van der Waals surface area contributed by atoms with Gasteiger partial charge in [0.25, 0.3) is 5.91 Å². The number of hydrogen-bond donors (Lipinski definition) is 0. The number of rotatable bonds is 1. The number of benzene rings is 1. The molecule has 1 aliphatic rings. The molecule has 1 aromatic heterocycles. The summed E-state index contributed by atoms with van der Waals surface area (Å²) in [5, 5.41) is 0.706. The predicted octanol–water partition coefficient (Wildman–Crippen LogP) is 2.36. The molecule has 0 fully saturated rings. The molecule has 0 bridgehead atoms.